The van der Waals surface area contributed by atoms with E-state index in [1.807, 2.05) is 0 Å². The van der Waals surface area contributed by atoms with E-state index < -0.39 is 0 Å². The molecule has 1 spiro atoms. The minimum Gasteiger partial charge on any atom is -0.444 e. The average Bonchev–Trinajstić information content (AvgIpc) is 2.71. The minimum absolute atomic E-state index is 0.0459. The third-order valence-electron chi connectivity index (χ3n) is 6.57. The van der Waals surface area contributed by atoms with E-state index in [1.54, 1.807) is 11.1 Å². The van der Waals surface area contributed by atoms with Crippen molar-refractivity contribution < 1.29 is 9.53 Å². The maximum atomic E-state index is 12.3. The first kappa shape index (κ1) is 21.2. The standard InChI is InChI=1S/C24H32N6O2/c1-16(2)9-30-21-20(11-32-23(30)31)8-26-22(28-21)27-17(3)19-6-4-18(5-7-19)10-29-14-24(15-29)12-25-13-24/h4-8,16-17,25H,9-15H2,1-3H3,(H,26,27,28)/t17-/m0/s1. The van der Waals surface area contributed by atoms with Crippen LogP contribution in [0.5, 0.6) is 0 Å². The van der Waals surface area contributed by atoms with Crippen molar-refractivity contribution in [3.63, 3.8) is 0 Å². The summed E-state index contributed by atoms with van der Waals surface area (Å²) < 4.78 is 5.26. The smallest absolute Gasteiger partial charge is 0.415 e. The number of hydrogen-bond donors (Lipinski definition) is 2. The van der Waals surface area contributed by atoms with Crippen molar-refractivity contribution in [2.45, 2.75) is 40.0 Å². The number of nitrogens with one attached hydrogen (secondary N) is 2. The molecule has 0 bridgehead atoms. The van der Waals surface area contributed by atoms with Gasteiger partial charge in [0.1, 0.15) is 12.4 Å². The predicted octanol–water partition coefficient (Wildman–Crippen LogP) is 3.17. The number of fused-ring (bicyclic) bond motifs is 1. The lowest BCUT2D eigenvalue weighted by atomic mass is 9.74. The van der Waals surface area contributed by atoms with Crippen LogP contribution in [0.3, 0.4) is 0 Å². The van der Waals surface area contributed by atoms with Gasteiger partial charge in [-0.25, -0.2) is 9.78 Å². The molecular weight excluding hydrogens is 404 g/mol. The van der Waals surface area contributed by atoms with E-state index in [0.717, 1.165) is 12.1 Å². The summed E-state index contributed by atoms with van der Waals surface area (Å²) in [5, 5.41) is 6.78. The number of hydrogen-bond acceptors (Lipinski definition) is 7. The highest BCUT2D eigenvalue weighted by Crippen LogP contribution is 2.35. The molecule has 170 valence electrons. The monoisotopic (exact) mass is 436 g/mol. The second-order valence-electron chi connectivity index (χ2n) is 9.96. The Bertz CT molecular complexity index is 980. The Morgan fingerprint density at radius 1 is 1.19 bits per heavy atom. The third-order valence-corrected chi connectivity index (χ3v) is 6.57. The number of carbonyl (C=O) groups excluding carboxylic acids is 1. The number of amides is 1. The maximum absolute atomic E-state index is 12.3. The van der Waals surface area contributed by atoms with Crippen molar-refractivity contribution in [3.8, 4) is 0 Å². The molecule has 1 atom stereocenters. The van der Waals surface area contributed by atoms with Gasteiger partial charge in [0.05, 0.1) is 11.6 Å². The molecule has 1 aromatic heterocycles. The first-order valence-electron chi connectivity index (χ1n) is 11.5. The first-order chi connectivity index (χ1) is 15.4. The number of rotatable bonds is 7. The summed E-state index contributed by atoms with van der Waals surface area (Å²) in [4.78, 5) is 25.5. The van der Waals surface area contributed by atoms with Crippen LogP contribution in [0.25, 0.3) is 0 Å². The first-order valence-corrected chi connectivity index (χ1v) is 11.5. The number of nitrogens with zero attached hydrogens (tertiary/aromatic N) is 4. The Hall–Kier alpha value is -2.71. The van der Waals surface area contributed by atoms with Gasteiger partial charge in [-0.2, -0.15) is 4.98 Å². The number of carbonyl (C=O) groups is 1. The maximum Gasteiger partial charge on any atom is 0.415 e. The molecule has 0 saturated carbocycles. The molecule has 32 heavy (non-hydrogen) atoms. The average molecular weight is 437 g/mol. The molecule has 0 aliphatic carbocycles. The summed E-state index contributed by atoms with van der Waals surface area (Å²) in [7, 11) is 0. The molecule has 3 aliphatic rings. The lowest BCUT2D eigenvalue weighted by Crippen LogP contribution is -2.70. The fourth-order valence-electron chi connectivity index (χ4n) is 4.80. The van der Waals surface area contributed by atoms with Crippen LogP contribution >= 0.6 is 0 Å². The van der Waals surface area contributed by atoms with Crippen molar-refractivity contribution in [2.24, 2.45) is 11.3 Å². The minimum atomic E-state index is -0.346. The number of cyclic esters (lactones) is 1. The second kappa shape index (κ2) is 8.33. The van der Waals surface area contributed by atoms with E-state index >= 15 is 0 Å². The van der Waals surface area contributed by atoms with Crippen LogP contribution in [0.2, 0.25) is 0 Å². The van der Waals surface area contributed by atoms with Gasteiger partial charge in [0.15, 0.2) is 0 Å². The van der Waals surface area contributed by atoms with Gasteiger partial charge in [0.25, 0.3) is 0 Å². The quantitative estimate of drug-likeness (QED) is 0.690. The zero-order valence-electron chi connectivity index (χ0n) is 19.1. The van der Waals surface area contributed by atoms with Gasteiger partial charge >= 0.3 is 6.09 Å². The summed E-state index contributed by atoms with van der Waals surface area (Å²) in [6.07, 6.45) is 1.40. The molecule has 2 fully saturated rings. The molecule has 2 saturated heterocycles. The highest BCUT2D eigenvalue weighted by atomic mass is 16.6. The molecule has 4 heterocycles. The van der Waals surface area contributed by atoms with Gasteiger partial charge in [0.2, 0.25) is 5.95 Å². The summed E-state index contributed by atoms with van der Waals surface area (Å²) in [5.74, 6) is 1.47. The van der Waals surface area contributed by atoms with Crippen molar-refractivity contribution in [1.82, 2.24) is 20.2 Å². The van der Waals surface area contributed by atoms with E-state index in [0.29, 0.717) is 29.6 Å². The van der Waals surface area contributed by atoms with Crippen LogP contribution in [0.1, 0.15) is 43.5 Å². The van der Waals surface area contributed by atoms with Gasteiger partial charge in [-0.15, -0.1) is 0 Å². The summed E-state index contributed by atoms with van der Waals surface area (Å²) in [5.41, 5.74) is 3.92. The van der Waals surface area contributed by atoms with E-state index in [2.05, 4.69) is 70.5 Å². The van der Waals surface area contributed by atoms with Gasteiger partial charge in [-0.3, -0.25) is 9.80 Å². The molecule has 8 nitrogen and oxygen atoms in total. The fraction of sp³-hybridized carbons (Fsp3) is 0.542. The highest BCUT2D eigenvalue weighted by Gasteiger charge is 2.47. The number of ether oxygens (including phenoxy) is 1. The van der Waals surface area contributed by atoms with Crippen molar-refractivity contribution in [3.05, 3.63) is 47.2 Å². The van der Waals surface area contributed by atoms with E-state index in [-0.39, 0.29) is 18.7 Å². The van der Waals surface area contributed by atoms with Gasteiger partial charge < -0.3 is 15.4 Å². The zero-order chi connectivity index (χ0) is 22.3. The van der Waals surface area contributed by atoms with Gasteiger partial charge in [0, 0.05) is 50.9 Å². The Kier molecular flexibility index (Phi) is 5.51. The Labute approximate surface area is 189 Å². The predicted molar refractivity (Wildman–Crippen MR) is 123 cm³/mol. The van der Waals surface area contributed by atoms with Crippen molar-refractivity contribution >= 4 is 17.9 Å². The molecule has 1 amide bonds. The lowest BCUT2D eigenvalue weighted by Gasteiger charge is -2.56. The van der Waals surface area contributed by atoms with Crippen LogP contribution in [-0.2, 0) is 17.9 Å². The summed E-state index contributed by atoms with van der Waals surface area (Å²) >= 11 is 0. The number of aromatic nitrogens is 2. The Balaban J connectivity index is 1.22. The van der Waals surface area contributed by atoms with Crippen LogP contribution in [0.15, 0.2) is 30.5 Å². The van der Waals surface area contributed by atoms with Crippen molar-refractivity contribution in [2.75, 3.05) is 42.9 Å². The molecule has 8 heteroatoms. The molecule has 1 aromatic carbocycles. The SMILES string of the molecule is CC(C)CN1C(=O)OCc2cnc(N[C@@H](C)c3ccc(CN4CC5(CNC5)C4)cc3)nc21. The van der Waals surface area contributed by atoms with Gasteiger partial charge in [-0.05, 0) is 24.0 Å². The number of anilines is 2. The zero-order valence-corrected chi connectivity index (χ0v) is 19.1. The van der Waals surface area contributed by atoms with Crippen LogP contribution < -0.4 is 15.5 Å². The summed E-state index contributed by atoms with van der Waals surface area (Å²) in [6, 6.07) is 8.82. The lowest BCUT2D eigenvalue weighted by molar-refractivity contribution is -0.0444. The summed E-state index contributed by atoms with van der Waals surface area (Å²) in [6.45, 7) is 12.8. The van der Waals surface area contributed by atoms with E-state index in [9.17, 15) is 4.79 Å². The largest absolute Gasteiger partial charge is 0.444 e. The Morgan fingerprint density at radius 3 is 2.59 bits per heavy atom. The molecule has 0 unspecified atom stereocenters. The molecule has 0 radical (unpaired) electrons. The molecule has 3 aliphatic heterocycles. The normalized spacial score (nSPS) is 20.4. The van der Waals surface area contributed by atoms with Crippen LogP contribution in [0.4, 0.5) is 16.6 Å². The second-order valence-corrected chi connectivity index (χ2v) is 9.96. The molecule has 5 rings (SSSR count). The molecule has 2 N–H and O–H groups in total. The molecular formula is C24H32N6O2. The highest BCUT2D eigenvalue weighted by molar-refractivity contribution is 5.89. The van der Waals surface area contributed by atoms with Gasteiger partial charge in [-0.1, -0.05) is 38.1 Å². The molecule has 2 aromatic rings. The third kappa shape index (κ3) is 4.17. The van der Waals surface area contributed by atoms with Crippen LogP contribution in [0, 0.1) is 11.3 Å². The topological polar surface area (TPSA) is 82.6 Å². The van der Waals surface area contributed by atoms with Crippen molar-refractivity contribution in [1.29, 1.82) is 0 Å². The van der Waals surface area contributed by atoms with E-state index in [4.69, 9.17) is 4.74 Å². The van der Waals surface area contributed by atoms with E-state index in [1.165, 1.54) is 37.3 Å². The Morgan fingerprint density at radius 2 is 1.94 bits per heavy atom. The fourth-order valence-corrected chi connectivity index (χ4v) is 4.80. The number of likely N-dealkylation sites (tertiary alicyclic amines) is 1. The van der Waals surface area contributed by atoms with Crippen LogP contribution in [-0.4, -0.2) is 53.7 Å². The number of benzene rings is 1.